The average molecular weight is 513 g/mol. The van der Waals surface area contributed by atoms with Crippen molar-refractivity contribution in [1.82, 2.24) is 0 Å². The van der Waals surface area contributed by atoms with Crippen LogP contribution in [-0.2, 0) is 23.2 Å². The Morgan fingerprint density at radius 2 is 1.30 bits per heavy atom. The second-order valence-electron chi connectivity index (χ2n) is 7.79. The Balaban J connectivity index is 0.00000160. The van der Waals surface area contributed by atoms with Gasteiger partial charge in [0.2, 0.25) is 0 Å². The Labute approximate surface area is 205 Å². The summed E-state index contributed by atoms with van der Waals surface area (Å²) in [4.78, 5) is 0. The topological polar surface area (TPSA) is 0 Å². The fourth-order valence-electron chi connectivity index (χ4n) is 4.21. The van der Waals surface area contributed by atoms with Gasteiger partial charge in [0, 0.05) is 0 Å². The SMILES string of the molecule is CC1=CC(C)[C]([Zr+2][C]2=C(C)C=C(C)C2=C(c2ccccc2)c2ccccc2)=C1.[Cl-].[Cl-]. The molecule has 0 saturated heterocycles. The van der Waals surface area contributed by atoms with E-state index in [4.69, 9.17) is 0 Å². The van der Waals surface area contributed by atoms with Crippen LogP contribution in [0.1, 0.15) is 38.8 Å². The Morgan fingerprint density at radius 3 is 1.77 bits per heavy atom. The predicted molar refractivity (Wildman–Crippen MR) is 116 cm³/mol. The van der Waals surface area contributed by atoms with Crippen LogP contribution < -0.4 is 24.8 Å². The van der Waals surface area contributed by atoms with Crippen LogP contribution in [0.4, 0.5) is 0 Å². The van der Waals surface area contributed by atoms with Crippen molar-refractivity contribution < 1.29 is 48.0 Å². The van der Waals surface area contributed by atoms with Crippen LogP contribution in [-0.4, -0.2) is 0 Å². The molecule has 0 bridgehead atoms. The van der Waals surface area contributed by atoms with E-state index in [0.29, 0.717) is 5.92 Å². The Hall–Kier alpha value is -1.40. The summed E-state index contributed by atoms with van der Waals surface area (Å²) in [6, 6.07) is 21.8. The molecule has 30 heavy (non-hydrogen) atoms. The first-order valence-electron chi connectivity index (χ1n) is 9.96. The van der Waals surface area contributed by atoms with E-state index >= 15 is 0 Å². The van der Waals surface area contributed by atoms with Gasteiger partial charge < -0.3 is 24.8 Å². The Bertz CT molecular complexity index is 1010. The van der Waals surface area contributed by atoms with Gasteiger partial charge in [-0.25, -0.2) is 0 Å². The van der Waals surface area contributed by atoms with Crippen LogP contribution in [0.2, 0.25) is 0 Å². The number of hydrogen-bond donors (Lipinski definition) is 0. The van der Waals surface area contributed by atoms with Crippen molar-refractivity contribution in [2.45, 2.75) is 27.7 Å². The minimum absolute atomic E-state index is 0. The maximum absolute atomic E-state index is 2.45. The van der Waals surface area contributed by atoms with Crippen molar-refractivity contribution in [2.75, 3.05) is 0 Å². The van der Waals surface area contributed by atoms with Gasteiger partial charge in [-0.2, -0.15) is 0 Å². The molecule has 2 aliphatic rings. The van der Waals surface area contributed by atoms with E-state index in [2.05, 4.69) is 107 Å². The van der Waals surface area contributed by atoms with Gasteiger partial charge in [-0.05, 0) is 0 Å². The monoisotopic (exact) mass is 510 g/mol. The molecule has 0 heterocycles. The molecule has 0 fully saturated rings. The molecule has 0 amide bonds. The molecular weight excluding hydrogens is 486 g/mol. The molecule has 152 valence electrons. The second kappa shape index (κ2) is 10.8. The van der Waals surface area contributed by atoms with Crippen molar-refractivity contribution in [2.24, 2.45) is 5.92 Å². The molecule has 2 aliphatic carbocycles. The van der Waals surface area contributed by atoms with Gasteiger partial charge in [-0.1, -0.05) is 0 Å². The predicted octanol–water partition coefficient (Wildman–Crippen LogP) is 1.29. The maximum atomic E-state index is 2.45. The minimum atomic E-state index is -0.860. The molecular formula is C27H26Cl2Zr. The molecule has 0 aliphatic heterocycles. The third kappa shape index (κ3) is 5.08. The third-order valence-electron chi connectivity index (χ3n) is 5.50. The number of allylic oxidation sites excluding steroid dienone is 9. The van der Waals surface area contributed by atoms with E-state index in [-0.39, 0.29) is 24.8 Å². The van der Waals surface area contributed by atoms with Crippen LogP contribution >= 0.6 is 0 Å². The standard InChI is InChI=1S/C20H17.C7H9.2ClH.Zr/c1-15-13-16(2)19(14-15)20(17-9-5-3-6-10-17)18-11-7-4-8-12-18;1-6-3-4-7(2)5-6;;;/h3-13H,1-2H3;3,5,7H,1-2H3;2*1H;/q;;;;+2/p-2. The fourth-order valence-corrected chi connectivity index (χ4v) is 8.19. The normalized spacial score (nSPS) is 17.4. The number of hydrogen-bond acceptors (Lipinski definition) is 0. The first-order chi connectivity index (χ1) is 13.5. The van der Waals surface area contributed by atoms with Gasteiger partial charge in [0.1, 0.15) is 0 Å². The van der Waals surface area contributed by atoms with Crippen LogP contribution in [0.3, 0.4) is 0 Å². The van der Waals surface area contributed by atoms with Crippen molar-refractivity contribution in [3.63, 3.8) is 0 Å². The van der Waals surface area contributed by atoms with Gasteiger partial charge in [0.15, 0.2) is 0 Å². The maximum Gasteiger partial charge on any atom is -1.00 e. The van der Waals surface area contributed by atoms with E-state index in [1.165, 1.54) is 39.0 Å². The fraction of sp³-hybridized carbons (Fsp3) is 0.185. The molecule has 3 heteroatoms. The van der Waals surface area contributed by atoms with Crippen molar-refractivity contribution in [1.29, 1.82) is 0 Å². The third-order valence-corrected chi connectivity index (χ3v) is 9.88. The van der Waals surface area contributed by atoms with E-state index < -0.39 is 23.2 Å². The molecule has 0 aromatic heterocycles. The summed E-state index contributed by atoms with van der Waals surface area (Å²) in [5.41, 5.74) is 9.81. The second-order valence-corrected chi connectivity index (χ2v) is 11.1. The van der Waals surface area contributed by atoms with Crippen LogP contribution in [0, 0.1) is 5.92 Å². The van der Waals surface area contributed by atoms with Crippen LogP contribution in [0.15, 0.2) is 108 Å². The Kier molecular flexibility index (Phi) is 8.92. The summed E-state index contributed by atoms with van der Waals surface area (Å²) in [5.74, 6) is 0.603. The van der Waals surface area contributed by atoms with Crippen molar-refractivity contribution in [3.05, 3.63) is 119 Å². The molecule has 2 aromatic carbocycles. The van der Waals surface area contributed by atoms with E-state index in [1.807, 2.05) is 0 Å². The summed E-state index contributed by atoms with van der Waals surface area (Å²) >= 11 is -0.860. The summed E-state index contributed by atoms with van der Waals surface area (Å²) in [6.45, 7) is 9.18. The molecule has 0 nitrogen and oxygen atoms in total. The van der Waals surface area contributed by atoms with Gasteiger partial charge in [-0.3, -0.25) is 0 Å². The zero-order valence-electron chi connectivity index (χ0n) is 17.8. The number of rotatable bonds is 4. The van der Waals surface area contributed by atoms with Gasteiger partial charge in [0.05, 0.1) is 0 Å². The molecule has 0 N–H and O–H groups in total. The van der Waals surface area contributed by atoms with Gasteiger partial charge in [-0.15, -0.1) is 0 Å². The van der Waals surface area contributed by atoms with Crippen molar-refractivity contribution in [3.8, 4) is 0 Å². The molecule has 4 rings (SSSR count). The summed E-state index contributed by atoms with van der Waals surface area (Å²) in [7, 11) is 0. The smallest absolute Gasteiger partial charge is 1.00 e. The zero-order valence-corrected chi connectivity index (χ0v) is 21.8. The largest absolute Gasteiger partial charge is 1.00 e. The van der Waals surface area contributed by atoms with Gasteiger partial charge >= 0.3 is 181 Å². The Morgan fingerprint density at radius 1 is 0.767 bits per heavy atom. The molecule has 0 saturated carbocycles. The summed E-state index contributed by atoms with van der Waals surface area (Å²) in [6.07, 6.45) is 7.27. The summed E-state index contributed by atoms with van der Waals surface area (Å²) < 4.78 is 3.33. The molecule has 0 spiro atoms. The number of halogens is 2. The minimum Gasteiger partial charge on any atom is -1.00 e. The quantitative estimate of drug-likeness (QED) is 0.580. The van der Waals surface area contributed by atoms with Crippen molar-refractivity contribution >= 4 is 5.57 Å². The molecule has 0 radical (unpaired) electrons. The van der Waals surface area contributed by atoms with E-state index in [9.17, 15) is 0 Å². The molecule has 1 unspecified atom stereocenters. The molecule has 2 aromatic rings. The van der Waals surface area contributed by atoms with E-state index in [0.717, 1.165) is 0 Å². The van der Waals surface area contributed by atoms with Crippen LogP contribution in [0.5, 0.6) is 0 Å². The number of benzene rings is 2. The first-order valence-corrected chi connectivity index (χ1v) is 12.4. The average Bonchev–Trinajstić information content (AvgIpc) is 3.16. The first kappa shape index (κ1) is 24.9. The molecule has 1 atom stereocenters. The van der Waals surface area contributed by atoms with Crippen LogP contribution in [0.25, 0.3) is 5.57 Å². The summed E-state index contributed by atoms with van der Waals surface area (Å²) in [5, 5.41) is 0. The van der Waals surface area contributed by atoms with E-state index in [1.54, 1.807) is 6.56 Å². The van der Waals surface area contributed by atoms with Gasteiger partial charge in [0.25, 0.3) is 0 Å². The zero-order chi connectivity index (χ0) is 19.7.